The average Bonchev–Trinajstić information content (AvgIpc) is 2.64. The molecule has 0 radical (unpaired) electrons. The number of hydrogen-bond donors (Lipinski definition) is 1. The van der Waals surface area contributed by atoms with Crippen LogP contribution in [0.15, 0.2) is 18.2 Å². The molecule has 1 N–H and O–H groups in total. The number of piperidine rings is 1. The third kappa shape index (κ3) is 7.21. The van der Waals surface area contributed by atoms with Crippen molar-refractivity contribution < 1.29 is 23.9 Å². The normalized spacial score (nSPS) is 15.9. The van der Waals surface area contributed by atoms with Crippen molar-refractivity contribution >= 4 is 24.7 Å². The predicted octanol–water partition coefficient (Wildman–Crippen LogP) is 1.89. The predicted molar refractivity (Wildman–Crippen MR) is 101 cm³/mol. The lowest BCUT2D eigenvalue weighted by molar-refractivity contribution is -0.141. The Balaban J connectivity index is 0.000000646. The molecule has 1 aromatic rings. The SMILES string of the molecule is CCCc1ccc(C)c(CN(C=O)C2CCC(=O)NC2=O)c1.CCOC=O. The summed E-state index contributed by atoms with van der Waals surface area (Å²) in [6, 6.07) is 5.68. The number of nitrogens with zero attached hydrogens (tertiary/aromatic N) is 1. The second-order valence-corrected chi connectivity index (χ2v) is 6.31. The van der Waals surface area contributed by atoms with Crippen LogP contribution in [0, 0.1) is 6.92 Å². The highest BCUT2D eigenvalue weighted by molar-refractivity contribution is 6.00. The van der Waals surface area contributed by atoms with Crippen LogP contribution in [-0.4, -0.2) is 42.2 Å². The summed E-state index contributed by atoms with van der Waals surface area (Å²) in [6.07, 6.45) is 3.42. The van der Waals surface area contributed by atoms with Crippen LogP contribution in [0.1, 0.15) is 49.8 Å². The standard InChI is InChI=1S/C17H22N2O3.C3H6O2/c1-3-4-13-6-5-12(2)14(9-13)10-19(11-20)15-7-8-16(21)18-17(15)22;1-2-5-3-4/h5-6,9,11,15H,3-4,7-8,10H2,1-2H3,(H,18,21,22);3H,2H2,1H3. The summed E-state index contributed by atoms with van der Waals surface area (Å²) in [6.45, 7) is 7.18. The Hall–Kier alpha value is -2.70. The summed E-state index contributed by atoms with van der Waals surface area (Å²) in [5, 5.41) is 2.30. The molecule has 7 heteroatoms. The van der Waals surface area contributed by atoms with Gasteiger partial charge in [-0.2, -0.15) is 0 Å². The van der Waals surface area contributed by atoms with Gasteiger partial charge in [0, 0.05) is 13.0 Å². The average molecular weight is 376 g/mol. The maximum absolute atomic E-state index is 11.9. The molecule has 0 spiro atoms. The van der Waals surface area contributed by atoms with Crippen LogP contribution < -0.4 is 5.32 Å². The van der Waals surface area contributed by atoms with Gasteiger partial charge in [0.2, 0.25) is 18.2 Å². The van der Waals surface area contributed by atoms with Crippen LogP contribution in [0.2, 0.25) is 0 Å². The molecule has 7 nitrogen and oxygen atoms in total. The van der Waals surface area contributed by atoms with Crippen molar-refractivity contribution in [3.8, 4) is 0 Å². The number of amides is 3. The van der Waals surface area contributed by atoms with Crippen LogP contribution in [0.3, 0.4) is 0 Å². The fourth-order valence-corrected chi connectivity index (χ4v) is 2.82. The number of carbonyl (C=O) groups excluding carboxylic acids is 4. The van der Waals surface area contributed by atoms with E-state index in [4.69, 9.17) is 0 Å². The molecule has 0 saturated carbocycles. The van der Waals surface area contributed by atoms with Gasteiger partial charge in [0.1, 0.15) is 6.04 Å². The van der Waals surface area contributed by atoms with E-state index in [1.165, 1.54) is 10.5 Å². The van der Waals surface area contributed by atoms with Gasteiger partial charge in [-0.25, -0.2) is 0 Å². The summed E-state index contributed by atoms with van der Waals surface area (Å²) >= 11 is 0. The van der Waals surface area contributed by atoms with Gasteiger partial charge in [-0.15, -0.1) is 0 Å². The molecule has 1 atom stereocenters. The first-order valence-corrected chi connectivity index (χ1v) is 9.15. The number of aryl methyl sites for hydroxylation is 2. The van der Waals surface area contributed by atoms with E-state index in [-0.39, 0.29) is 18.2 Å². The van der Waals surface area contributed by atoms with Gasteiger partial charge in [-0.1, -0.05) is 31.5 Å². The lowest BCUT2D eigenvalue weighted by Crippen LogP contribution is -2.51. The monoisotopic (exact) mass is 376 g/mol. The van der Waals surface area contributed by atoms with Gasteiger partial charge in [0.15, 0.2) is 0 Å². The topological polar surface area (TPSA) is 92.8 Å². The zero-order valence-corrected chi connectivity index (χ0v) is 16.2. The van der Waals surface area contributed by atoms with Crippen molar-refractivity contribution in [2.24, 2.45) is 0 Å². The highest BCUT2D eigenvalue weighted by Gasteiger charge is 2.31. The lowest BCUT2D eigenvalue weighted by Gasteiger charge is -2.30. The van der Waals surface area contributed by atoms with Crippen molar-refractivity contribution in [1.29, 1.82) is 0 Å². The lowest BCUT2D eigenvalue weighted by atomic mass is 10.00. The Morgan fingerprint density at radius 3 is 2.52 bits per heavy atom. The minimum Gasteiger partial charge on any atom is -0.468 e. The molecule has 0 aliphatic carbocycles. The van der Waals surface area contributed by atoms with Crippen LogP contribution in [-0.2, 0) is 36.9 Å². The van der Waals surface area contributed by atoms with Gasteiger partial charge in [-0.05, 0) is 43.4 Å². The molecule has 148 valence electrons. The summed E-state index contributed by atoms with van der Waals surface area (Å²) in [4.78, 5) is 45.2. The molecule has 1 heterocycles. The molecule has 27 heavy (non-hydrogen) atoms. The molecular formula is C20H28N2O5. The first-order valence-electron chi connectivity index (χ1n) is 9.15. The maximum atomic E-state index is 11.9. The first kappa shape index (κ1) is 22.3. The van der Waals surface area contributed by atoms with Gasteiger partial charge >= 0.3 is 0 Å². The quantitative estimate of drug-likeness (QED) is 0.552. The second-order valence-electron chi connectivity index (χ2n) is 6.31. The summed E-state index contributed by atoms with van der Waals surface area (Å²) in [5.74, 6) is -0.654. The Kier molecular flexibility index (Phi) is 9.79. The number of benzene rings is 1. The molecule has 1 aliphatic heterocycles. The van der Waals surface area contributed by atoms with E-state index in [1.54, 1.807) is 6.92 Å². The van der Waals surface area contributed by atoms with Gasteiger partial charge < -0.3 is 9.64 Å². The highest BCUT2D eigenvalue weighted by atomic mass is 16.5. The third-order valence-corrected chi connectivity index (χ3v) is 4.29. The minimum absolute atomic E-state index is 0.270. The Morgan fingerprint density at radius 1 is 1.26 bits per heavy atom. The van der Waals surface area contributed by atoms with E-state index in [0.717, 1.165) is 24.0 Å². The van der Waals surface area contributed by atoms with E-state index in [0.29, 0.717) is 32.5 Å². The molecule has 2 rings (SSSR count). The first-order chi connectivity index (χ1) is 13.0. The van der Waals surface area contributed by atoms with Crippen LogP contribution >= 0.6 is 0 Å². The number of imide groups is 1. The number of rotatable bonds is 8. The van der Waals surface area contributed by atoms with E-state index < -0.39 is 6.04 Å². The van der Waals surface area contributed by atoms with E-state index in [9.17, 15) is 19.2 Å². The third-order valence-electron chi connectivity index (χ3n) is 4.29. The molecule has 1 saturated heterocycles. The van der Waals surface area contributed by atoms with Crippen molar-refractivity contribution in [2.75, 3.05) is 6.61 Å². The number of hydrogen-bond acceptors (Lipinski definition) is 5. The van der Waals surface area contributed by atoms with Gasteiger partial charge in [0.25, 0.3) is 6.47 Å². The molecule has 0 aromatic heterocycles. The number of carbonyl (C=O) groups is 4. The Labute approximate surface area is 160 Å². The van der Waals surface area contributed by atoms with Crippen molar-refractivity contribution in [3.05, 3.63) is 34.9 Å². The van der Waals surface area contributed by atoms with Crippen molar-refractivity contribution in [3.63, 3.8) is 0 Å². The maximum Gasteiger partial charge on any atom is 0.293 e. The summed E-state index contributed by atoms with van der Waals surface area (Å²) < 4.78 is 4.15. The summed E-state index contributed by atoms with van der Waals surface area (Å²) in [5.41, 5.74) is 3.37. The smallest absolute Gasteiger partial charge is 0.293 e. The van der Waals surface area contributed by atoms with E-state index >= 15 is 0 Å². The van der Waals surface area contributed by atoms with Crippen LogP contribution in [0.5, 0.6) is 0 Å². The van der Waals surface area contributed by atoms with E-state index in [1.807, 2.05) is 13.0 Å². The summed E-state index contributed by atoms with van der Waals surface area (Å²) in [7, 11) is 0. The highest BCUT2D eigenvalue weighted by Crippen LogP contribution is 2.18. The molecule has 1 aliphatic rings. The molecule has 1 fully saturated rings. The molecular weight excluding hydrogens is 348 g/mol. The molecule has 0 bridgehead atoms. The van der Waals surface area contributed by atoms with Gasteiger partial charge in [-0.3, -0.25) is 24.5 Å². The fourth-order valence-electron chi connectivity index (χ4n) is 2.82. The van der Waals surface area contributed by atoms with E-state index in [2.05, 4.69) is 29.1 Å². The number of ether oxygens (including phenoxy) is 1. The number of nitrogens with one attached hydrogen (secondary N) is 1. The second kappa shape index (κ2) is 11.8. The van der Waals surface area contributed by atoms with Crippen LogP contribution in [0.4, 0.5) is 0 Å². The zero-order chi connectivity index (χ0) is 20.2. The zero-order valence-electron chi connectivity index (χ0n) is 16.2. The molecule has 3 amide bonds. The van der Waals surface area contributed by atoms with Crippen molar-refractivity contribution in [2.45, 2.75) is 59.0 Å². The molecule has 1 aromatic carbocycles. The largest absolute Gasteiger partial charge is 0.468 e. The van der Waals surface area contributed by atoms with Crippen molar-refractivity contribution in [1.82, 2.24) is 10.2 Å². The van der Waals surface area contributed by atoms with Gasteiger partial charge in [0.05, 0.1) is 6.61 Å². The Morgan fingerprint density at radius 2 is 2.00 bits per heavy atom. The Bertz CT molecular complexity index is 660. The van der Waals surface area contributed by atoms with Crippen LogP contribution in [0.25, 0.3) is 0 Å². The minimum atomic E-state index is -0.565. The molecule has 1 unspecified atom stereocenters. The fraction of sp³-hybridized carbons (Fsp3) is 0.500.